The number of sulfonamides is 2. The van der Waals surface area contributed by atoms with Crippen LogP contribution in [0.1, 0.15) is 46.5 Å². The molecular weight excluding hydrogens is 526 g/mol. The van der Waals surface area contributed by atoms with Gasteiger partial charge in [-0.05, 0) is 26.7 Å². The zero-order valence-corrected chi connectivity index (χ0v) is 19.7. The minimum Gasteiger partial charge on any atom is -0.425 e. The Labute approximate surface area is 186 Å². The number of quaternary nitrogens is 1. The second kappa shape index (κ2) is 11.7. The van der Waals surface area contributed by atoms with Gasteiger partial charge in [0.15, 0.2) is 20.0 Å². The minimum absolute atomic E-state index is 0.422. The third-order valence-corrected chi connectivity index (χ3v) is 7.91. The van der Waals surface area contributed by atoms with Crippen molar-refractivity contribution in [3.63, 3.8) is 0 Å². The molecule has 0 spiro atoms. The first-order chi connectivity index (χ1) is 14.4. The van der Waals surface area contributed by atoms with Gasteiger partial charge in [-0.1, -0.05) is 19.8 Å². The number of unbranched alkanes of at least 4 members (excludes halogenated alkanes) is 3. The maximum Gasteiger partial charge on any atom is 0.467 e. The summed E-state index contributed by atoms with van der Waals surface area (Å²) < 4.78 is 162. The maximum atomic E-state index is 12.3. The zero-order chi connectivity index (χ0) is 27.2. The molecule has 0 N–H and O–H groups in total. The molecule has 6 nitrogen and oxygen atoms in total. The van der Waals surface area contributed by atoms with Gasteiger partial charge in [-0.2, -0.15) is 43.9 Å². The van der Waals surface area contributed by atoms with Crippen LogP contribution in [0.5, 0.6) is 0 Å². The fourth-order valence-electron chi connectivity index (χ4n) is 1.98. The molecule has 0 saturated carbocycles. The lowest BCUT2D eigenvalue weighted by atomic mass is 10.2. The van der Waals surface area contributed by atoms with Gasteiger partial charge >= 0.3 is 22.9 Å². The van der Waals surface area contributed by atoms with E-state index in [-0.39, 0.29) is 0 Å². The smallest absolute Gasteiger partial charge is 0.425 e. The van der Waals surface area contributed by atoms with E-state index < -0.39 is 42.9 Å². The van der Waals surface area contributed by atoms with E-state index in [9.17, 15) is 60.7 Å². The molecule has 0 rings (SSSR count). The Balaban J connectivity index is 0. The van der Waals surface area contributed by atoms with Gasteiger partial charge in [0.05, 0.1) is 26.7 Å². The summed E-state index contributed by atoms with van der Waals surface area (Å²) in [5.41, 5.74) is 0. The average Bonchev–Trinajstić information content (AvgIpc) is 2.62. The van der Waals surface area contributed by atoms with Crippen LogP contribution in [0.15, 0.2) is 0 Å². The Morgan fingerprint density at radius 3 is 1.21 bits per heavy atom. The van der Waals surface area contributed by atoms with E-state index in [2.05, 4.69) is 27.8 Å². The molecule has 33 heavy (non-hydrogen) atoms. The van der Waals surface area contributed by atoms with Crippen LogP contribution in [-0.4, -0.2) is 70.9 Å². The van der Waals surface area contributed by atoms with Crippen molar-refractivity contribution in [1.82, 2.24) is 0 Å². The van der Waals surface area contributed by atoms with Crippen molar-refractivity contribution >= 4 is 20.0 Å². The summed E-state index contributed by atoms with van der Waals surface area (Å²) in [6.07, 6.45) is -8.41. The molecule has 0 heterocycles. The Bertz CT molecular complexity index is 752. The van der Waals surface area contributed by atoms with Gasteiger partial charge in [-0.3, -0.25) is 0 Å². The SMILES string of the molecule is CCCCCC[N+](C)(CC)CC.O=S(=O)([N-]S(=O)(=O)C(F)(F)C(F)(F)F)C(F)(F)C(F)(F)F. The normalized spacial score (nSPS) is 14.6. The fourth-order valence-corrected chi connectivity index (χ4v) is 4.34. The van der Waals surface area contributed by atoms with Crippen LogP contribution in [0.25, 0.3) is 4.13 Å². The van der Waals surface area contributed by atoms with Crippen LogP contribution in [0.3, 0.4) is 0 Å². The van der Waals surface area contributed by atoms with Gasteiger partial charge in [0.2, 0.25) is 0 Å². The van der Waals surface area contributed by atoms with Crippen molar-refractivity contribution in [2.24, 2.45) is 0 Å². The van der Waals surface area contributed by atoms with Gasteiger partial charge in [-0.15, -0.1) is 0 Å². The number of rotatable bonds is 11. The molecule has 0 aromatic carbocycles. The molecule has 0 aliphatic rings. The highest BCUT2D eigenvalue weighted by Crippen LogP contribution is 2.47. The maximum absolute atomic E-state index is 12.3. The largest absolute Gasteiger partial charge is 0.467 e. The monoisotopic (exact) mass is 552 g/mol. The van der Waals surface area contributed by atoms with Crippen molar-refractivity contribution in [3.8, 4) is 0 Å². The number of hydrogen-bond acceptors (Lipinski definition) is 4. The van der Waals surface area contributed by atoms with Crippen LogP contribution in [0.2, 0.25) is 0 Å². The lowest BCUT2D eigenvalue weighted by Gasteiger charge is -2.32. The lowest BCUT2D eigenvalue weighted by Crippen LogP contribution is -2.48. The highest BCUT2D eigenvalue weighted by molar-refractivity contribution is 8.13. The molecule has 0 aliphatic carbocycles. The zero-order valence-electron chi connectivity index (χ0n) is 18.1. The van der Waals surface area contributed by atoms with Crippen molar-refractivity contribution in [2.45, 2.75) is 69.3 Å². The summed E-state index contributed by atoms with van der Waals surface area (Å²) in [6, 6.07) is 0. The van der Waals surface area contributed by atoms with E-state index in [1.165, 1.54) is 49.8 Å². The Hall–Kier alpha value is -0.880. The van der Waals surface area contributed by atoms with Crippen molar-refractivity contribution in [3.05, 3.63) is 4.13 Å². The standard InChI is InChI=1S/C11H26N.C4F10NO4S2/c1-5-8-9-10-11-12(4,6-2)7-3;5-1(6,7)3(11,12)20(16,17)15-21(18,19)4(13,14)2(8,9)10/h5-11H2,1-4H3;/q+1;-1. The van der Waals surface area contributed by atoms with Crippen molar-refractivity contribution < 1.29 is 65.2 Å². The van der Waals surface area contributed by atoms with Gasteiger partial charge in [0.25, 0.3) is 0 Å². The predicted molar refractivity (Wildman–Crippen MR) is 99.5 cm³/mol. The Morgan fingerprint density at radius 2 is 0.970 bits per heavy atom. The molecular formula is C15H26F10N2O4S2. The first kappa shape index (κ1) is 34.3. The second-order valence-corrected chi connectivity index (χ2v) is 10.6. The predicted octanol–water partition coefficient (Wildman–Crippen LogP) is 5.38. The summed E-state index contributed by atoms with van der Waals surface area (Å²) in [5, 5.41) is -14.0. The van der Waals surface area contributed by atoms with E-state index >= 15 is 0 Å². The minimum atomic E-state index is -7.62. The van der Waals surface area contributed by atoms with Gasteiger partial charge in [0, 0.05) is 0 Å². The summed E-state index contributed by atoms with van der Waals surface area (Å²) >= 11 is 0. The number of halogens is 10. The van der Waals surface area contributed by atoms with E-state index in [1.807, 2.05) is 0 Å². The summed E-state index contributed by atoms with van der Waals surface area (Å²) in [4.78, 5) is 0. The molecule has 18 heteroatoms. The molecule has 0 radical (unpaired) electrons. The molecule has 0 amide bonds. The number of nitrogens with zero attached hydrogens (tertiary/aromatic N) is 2. The molecule has 0 aromatic heterocycles. The summed E-state index contributed by atoms with van der Waals surface area (Å²) in [6.45, 7) is 10.8. The van der Waals surface area contributed by atoms with Crippen molar-refractivity contribution in [2.75, 3.05) is 26.7 Å². The second-order valence-electron chi connectivity index (χ2n) is 7.09. The van der Waals surface area contributed by atoms with Crippen LogP contribution in [0.4, 0.5) is 43.9 Å². The molecule has 0 bridgehead atoms. The molecule has 202 valence electrons. The lowest BCUT2D eigenvalue weighted by molar-refractivity contribution is -0.906. The Morgan fingerprint density at radius 1 is 0.636 bits per heavy atom. The highest BCUT2D eigenvalue weighted by atomic mass is 32.3. The third-order valence-electron chi connectivity index (χ3n) is 4.58. The first-order valence-corrected chi connectivity index (χ1v) is 12.2. The average molecular weight is 552 g/mol. The van der Waals surface area contributed by atoms with E-state index in [0.29, 0.717) is 4.13 Å². The molecule has 0 saturated heterocycles. The molecule has 0 aliphatic heterocycles. The van der Waals surface area contributed by atoms with Crippen LogP contribution in [-0.2, 0) is 20.0 Å². The topological polar surface area (TPSA) is 82.4 Å². The molecule has 0 atom stereocenters. The fraction of sp³-hybridized carbons (Fsp3) is 1.00. The van der Waals surface area contributed by atoms with Crippen LogP contribution in [0, 0.1) is 0 Å². The van der Waals surface area contributed by atoms with E-state index in [0.717, 1.165) is 0 Å². The number of hydrogen-bond donors (Lipinski definition) is 0. The van der Waals surface area contributed by atoms with Crippen molar-refractivity contribution in [1.29, 1.82) is 0 Å². The summed E-state index contributed by atoms with van der Waals surface area (Å²) in [7, 11) is -12.9. The molecule has 0 fully saturated rings. The molecule has 0 aromatic rings. The van der Waals surface area contributed by atoms with Gasteiger partial charge in [0.1, 0.15) is 0 Å². The van der Waals surface area contributed by atoms with Gasteiger partial charge < -0.3 is 8.61 Å². The van der Waals surface area contributed by atoms with E-state index in [1.54, 1.807) is 0 Å². The highest BCUT2D eigenvalue weighted by Gasteiger charge is 2.68. The summed E-state index contributed by atoms with van der Waals surface area (Å²) in [5.74, 6) is 0. The van der Waals surface area contributed by atoms with Gasteiger partial charge in [-0.25, -0.2) is 16.8 Å². The molecule has 0 unspecified atom stereocenters. The quantitative estimate of drug-likeness (QED) is 0.196. The Kier molecular flexibility index (Phi) is 12.2. The number of alkyl halides is 10. The first-order valence-electron chi connectivity index (χ1n) is 9.35. The third kappa shape index (κ3) is 9.01. The van der Waals surface area contributed by atoms with E-state index in [4.69, 9.17) is 0 Å². The van der Waals surface area contributed by atoms with Crippen LogP contribution >= 0.6 is 0 Å². The van der Waals surface area contributed by atoms with Crippen LogP contribution < -0.4 is 0 Å².